The Bertz CT molecular complexity index is 1440. The molecule has 6 rings (SSSR count). The molecule has 8 heteroatoms. The molecular formula is C26H23N3O4S. The monoisotopic (exact) mass is 473 g/mol. The van der Waals surface area contributed by atoms with Crippen molar-refractivity contribution in [2.75, 3.05) is 12.1 Å². The van der Waals surface area contributed by atoms with Gasteiger partial charge in [0.15, 0.2) is 11.5 Å². The molecule has 1 aliphatic carbocycles. The van der Waals surface area contributed by atoms with Crippen LogP contribution in [0.5, 0.6) is 11.5 Å². The van der Waals surface area contributed by atoms with E-state index in [1.807, 2.05) is 30.3 Å². The number of thiophene rings is 1. The number of aliphatic carboxylic acids is 1. The number of nitrogens with zero attached hydrogens (tertiary/aromatic N) is 2. The van der Waals surface area contributed by atoms with E-state index >= 15 is 0 Å². The second-order valence-electron chi connectivity index (χ2n) is 8.67. The average molecular weight is 474 g/mol. The van der Waals surface area contributed by atoms with Gasteiger partial charge in [-0.25, -0.2) is 14.8 Å². The summed E-state index contributed by atoms with van der Waals surface area (Å²) in [5.41, 5.74) is 2.08. The highest BCUT2D eigenvalue weighted by Gasteiger charge is 2.24. The van der Waals surface area contributed by atoms with E-state index in [9.17, 15) is 4.79 Å². The molecule has 34 heavy (non-hydrogen) atoms. The summed E-state index contributed by atoms with van der Waals surface area (Å²) in [4.78, 5) is 22.0. The zero-order valence-electron chi connectivity index (χ0n) is 18.4. The molecule has 0 radical (unpaired) electrons. The number of benzene rings is 2. The summed E-state index contributed by atoms with van der Waals surface area (Å²) in [7, 11) is 0. The number of allylic oxidation sites excluding steroid dienone is 1. The molecule has 172 valence electrons. The Morgan fingerprint density at radius 2 is 1.94 bits per heavy atom. The maximum atomic E-state index is 11.0. The lowest BCUT2D eigenvalue weighted by molar-refractivity contribution is -0.131. The minimum Gasteiger partial charge on any atom is -0.478 e. The first-order valence-corrected chi connectivity index (χ1v) is 12.2. The number of aromatic nitrogens is 2. The first-order valence-electron chi connectivity index (χ1n) is 11.4. The van der Waals surface area contributed by atoms with E-state index in [0.717, 1.165) is 75.6 Å². The lowest BCUT2D eigenvalue weighted by Crippen LogP contribution is -2.12. The number of hydrogen-bond acceptors (Lipinski definition) is 7. The molecule has 4 aromatic rings. The van der Waals surface area contributed by atoms with Crippen molar-refractivity contribution in [3.63, 3.8) is 0 Å². The molecule has 0 spiro atoms. The van der Waals surface area contributed by atoms with Crippen molar-refractivity contribution in [3.05, 3.63) is 65.5 Å². The Kier molecular flexibility index (Phi) is 5.30. The maximum absolute atomic E-state index is 11.0. The molecule has 1 aliphatic heterocycles. The number of anilines is 1. The Morgan fingerprint density at radius 1 is 1.12 bits per heavy atom. The number of carbonyl (C=O) groups is 1. The fourth-order valence-electron chi connectivity index (χ4n) is 4.75. The van der Waals surface area contributed by atoms with Crippen LogP contribution in [0.1, 0.15) is 43.0 Å². The molecule has 0 unspecified atom stereocenters. The third-order valence-corrected chi connectivity index (χ3v) is 7.54. The molecule has 0 bridgehead atoms. The predicted molar refractivity (Wildman–Crippen MR) is 132 cm³/mol. The van der Waals surface area contributed by atoms with Crippen LogP contribution in [0, 0.1) is 0 Å². The van der Waals surface area contributed by atoms with Gasteiger partial charge >= 0.3 is 5.97 Å². The van der Waals surface area contributed by atoms with E-state index < -0.39 is 5.97 Å². The Hall–Kier alpha value is -3.65. The smallest absolute Gasteiger partial charge is 0.328 e. The topological polar surface area (TPSA) is 93.6 Å². The standard InChI is InChI=1S/C26H23N3O4S/c30-22(31)12-15-5-8-17(9-6-15)24-28-25(23-18-3-1-2-4-21(18)34-26(23)29-24)27-13-16-7-10-19-20(11-16)33-14-32-19/h1-4,7,10-12,17H,5-6,8-9,13-14H2,(H,30,31)(H,27,28,29). The predicted octanol–water partition coefficient (Wildman–Crippen LogP) is 5.85. The van der Waals surface area contributed by atoms with Crippen molar-refractivity contribution >= 4 is 43.4 Å². The van der Waals surface area contributed by atoms with Crippen LogP contribution in [0.4, 0.5) is 5.82 Å². The summed E-state index contributed by atoms with van der Waals surface area (Å²) in [5, 5.41) is 14.8. The number of hydrogen-bond donors (Lipinski definition) is 2. The minimum absolute atomic E-state index is 0.214. The second kappa shape index (κ2) is 8.61. The molecule has 2 aromatic heterocycles. The van der Waals surface area contributed by atoms with E-state index in [1.165, 1.54) is 10.8 Å². The Labute approximate surface area is 200 Å². The van der Waals surface area contributed by atoms with Gasteiger partial charge in [-0.05, 0) is 49.4 Å². The zero-order valence-corrected chi connectivity index (χ0v) is 19.2. The van der Waals surface area contributed by atoms with Gasteiger partial charge in [0.25, 0.3) is 0 Å². The number of ether oxygens (including phenoxy) is 2. The second-order valence-corrected chi connectivity index (χ2v) is 9.70. The van der Waals surface area contributed by atoms with Crippen LogP contribution in [0.2, 0.25) is 0 Å². The van der Waals surface area contributed by atoms with Crippen molar-refractivity contribution < 1.29 is 19.4 Å². The van der Waals surface area contributed by atoms with E-state index in [2.05, 4.69) is 17.4 Å². The molecule has 2 aliphatic rings. The van der Waals surface area contributed by atoms with E-state index in [4.69, 9.17) is 24.5 Å². The summed E-state index contributed by atoms with van der Waals surface area (Å²) in [6, 6.07) is 14.3. The molecule has 0 saturated heterocycles. The summed E-state index contributed by atoms with van der Waals surface area (Å²) in [6.07, 6.45) is 4.61. The van der Waals surface area contributed by atoms with Crippen LogP contribution < -0.4 is 14.8 Å². The molecule has 1 fully saturated rings. The highest BCUT2D eigenvalue weighted by Crippen LogP contribution is 2.40. The summed E-state index contributed by atoms with van der Waals surface area (Å²) < 4.78 is 12.1. The SMILES string of the molecule is O=C(O)C=C1CCC(c2nc(NCc3ccc4c(c3)OCO4)c3c(n2)sc2ccccc23)CC1. The van der Waals surface area contributed by atoms with Crippen LogP contribution in [-0.2, 0) is 11.3 Å². The maximum Gasteiger partial charge on any atom is 0.328 e. The van der Waals surface area contributed by atoms with Crippen LogP contribution in [-0.4, -0.2) is 27.8 Å². The quantitative estimate of drug-likeness (QED) is 0.351. The first-order chi connectivity index (χ1) is 16.6. The fourth-order valence-corrected chi connectivity index (χ4v) is 5.84. The number of carboxylic acid groups (broad SMARTS) is 1. The molecule has 3 heterocycles. The third kappa shape index (κ3) is 3.94. The summed E-state index contributed by atoms with van der Waals surface area (Å²) >= 11 is 1.68. The summed E-state index contributed by atoms with van der Waals surface area (Å²) in [5.74, 6) is 2.55. The van der Waals surface area contributed by atoms with Crippen LogP contribution in [0.25, 0.3) is 20.3 Å². The van der Waals surface area contributed by atoms with E-state index in [-0.39, 0.29) is 12.7 Å². The molecule has 1 saturated carbocycles. The van der Waals surface area contributed by atoms with Gasteiger partial charge in [-0.2, -0.15) is 0 Å². The van der Waals surface area contributed by atoms with Crippen molar-refractivity contribution in [3.8, 4) is 11.5 Å². The summed E-state index contributed by atoms with van der Waals surface area (Å²) in [6.45, 7) is 0.857. The van der Waals surface area contributed by atoms with Gasteiger partial charge in [0.2, 0.25) is 6.79 Å². The van der Waals surface area contributed by atoms with Crippen molar-refractivity contribution in [2.24, 2.45) is 0 Å². The highest BCUT2D eigenvalue weighted by molar-refractivity contribution is 7.25. The molecule has 0 atom stereocenters. The first kappa shape index (κ1) is 20.9. The van der Waals surface area contributed by atoms with Gasteiger partial charge in [-0.3, -0.25) is 0 Å². The number of rotatable bonds is 5. The largest absolute Gasteiger partial charge is 0.478 e. The number of nitrogens with one attached hydrogen (secondary N) is 1. The lowest BCUT2D eigenvalue weighted by atomic mass is 9.85. The molecule has 2 aromatic carbocycles. The van der Waals surface area contributed by atoms with E-state index in [0.29, 0.717) is 6.54 Å². The zero-order chi connectivity index (χ0) is 23.1. The lowest BCUT2D eigenvalue weighted by Gasteiger charge is -2.23. The molecule has 7 nitrogen and oxygen atoms in total. The number of carboxylic acids is 1. The third-order valence-electron chi connectivity index (χ3n) is 6.47. The van der Waals surface area contributed by atoms with Gasteiger partial charge in [0.1, 0.15) is 16.5 Å². The fraction of sp³-hybridized carbons (Fsp3) is 0.269. The average Bonchev–Trinajstić information content (AvgIpc) is 3.46. The van der Waals surface area contributed by atoms with Crippen molar-refractivity contribution in [1.29, 1.82) is 0 Å². The number of fused-ring (bicyclic) bond motifs is 4. The molecule has 2 N–H and O–H groups in total. The molecule has 0 amide bonds. The van der Waals surface area contributed by atoms with Gasteiger partial charge in [0, 0.05) is 28.6 Å². The Morgan fingerprint density at radius 3 is 2.79 bits per heavy atom. The normalized spacial score (nSPS) is 17.3. The van der Waals surface area contributed by atoms with Crippen molar-refractivity contribution in [2.45, 2.75) is 38.1 Å². The van der Waals surface area contributed by atoms with E-state index in [1.54, 1.807) is 11.3 Å². The van der Waals surface area contributed by atoms with Crippen molar-refractivity contribution in [1.82, 2.24) is 9.97 Å². The van der Waals surface area contributed by atoms with Gasteiger partial charge in [0.05, 0.1) is 5.39 Å². The Balaban J connectivity index is 1.34. The molecular weight excluding hydrogens is 450 g/mol. The van der Waals surface area contributed by atoms with Gasteiger partial charge < -0.3 is 19.9 Å². The van der Waals surface area contributed by atoms with Crippen LogP contribution >= 0.6 is 11.3 Å². The minimum atomic E-state index is -0.869. The van der Waals surface area contributed by atoms with Gasteiger partial charge in [-0.1, -0.05) is 29.8 Å². The van der Waals surface area contributed by atoms with Crippen LogP contribution in [0.15, 0.2) is 54.1 Å². The highest BCUT2D eigenvalue weighted by atomic mass is 32.1. The van der Waals surface area contributed by atoms with Crippen LogP contribution in [0.3, 0.4) is 0 Å². The van der Waals surface area contributed by atoms with Gasteiger partial charge in [-0.15, -0.1) is 11.3 Å².